The molecule has 4 heteroatoms. The minimum atomic E-state index is -0.901. The number of aromatic carboxylic acids is 1. The standard InChI is InChI=1S/C13H15NO3/c1-3-14-7-9(8-17-2)12-10(13(15)16)5-4-6-11(12)14/h4-7H,3,8H2,1-2H3,(H,15,16). The summed E-state index contributed by atoms with van der Waals surface area (Å²) in [5, 5.41) is 9.99. The van der Waals surface area contributed by atoms with Gasteiger partial charge in [-0.1, -0.05) is 6.07 Å². The summed E-state index contributed by atoms with van der Waals surface area (Å²) >= 11 is 0. The van der Waals surface area contributed by atoms with Crippen LogP contribution in [0.4, 0.5) is 0 Å². The van der Waals surface area contributed by atoms with Crippen LogP contribution in [0.3, 0.4) is 0 Å². The molecule has 90 valence electrons. The summed E-state index contributed by atoms with van der Waals surface area (Å²) in [5.41, 5.74) is 2.20. The van der Waals surface area contributed by atoms with Crippen molar-refractivity contribution in [2.24, 2.45) is 0 Å². The maximum absolute atomic E-state index is 11.2. The lowest BCUT2D eigenvalue weighted by atomic mass is 10.1. The van der Waals surface area contributed by atoms with Crippen LogP contribution in [0.15, 0.2) is 24.4 Å². The highest BCUT2D eigenvalue weighted by atomic mass is 16.5. The second-order valence-electron chi connectivity index (χ2n) is 3.88. The number of carboxylic acids is 1. The Morgan fingerprint density at radius 2 is 2.24 bits per heavy atom. The molecule has 0 saturated carbocycles. The normalized spacial score (nSPS) is 10.9. The van der Waals surface area contributed by atoms with Gasteiger partial charge in [0.2, 0.25) is 0 Å². The average molecular weight is 233 g/mol. The third kappa shape index (κ3) is 1.91. The molecule has 0 fully saturated rings. The minimum absolute atomic E-state index is 0.335. The van der Waals surface area contributed by atoms with Crippen LogP contribution in [0.2, 0.25) is 0 Å². The number of hydrogen-bond acceptors (Lipinski definition) is 2. The van der Waals surface area contributed by atoms with E-state index < -0.39 is 5.97 Å². The summed E-state index contributed by atoms with van der Waals surface area (Å²) in [7, 11) is 1.61. The number of ether oxygens (including phenoxy) is 1. The molecular formula is C13H15NO3. The highest BCUT2D eigenvalue weighted by molar-refractivity contribution is 6.04. The smallest absolute Gasteiger partial charge is 0.336 e. The molecule has 0 spiro atoms. The Kier molecular flexibility index (Phi) is 3.15. The molecule has 0 saturated heterocycles. The van der Waals surface area contributed by atoms with Gasteiger partial charge >= 0.3 is 5.97 Å². The van der Waals surface area contributed by atoms with Gasteiger partial charge in [-0.2, -0.15) is 0 Å². The number of carbonyl (C=O) groups is 1. The van der Waals surface area contributed by atoms with Gasteiger partial charge in [-0.3, -0.25) is 0 Å². The molecule has 2 rings (SSSR count). The van der Waals surface area contributed by atoms with Crippen molar-refractivity contribution in [3.8, 4) is 0 Å². The average Bonchev–Trinajstić information content (AvgIpc) is 2.68. The number of carboxylic acid groups (broad SMARTS) is 1. The molecule has 0 aliphatic heterocycles. The van der Waals surface area contributed by atoms with E-state index >= 15 is 0 Å². The van der Waals surface area contributed by atoms with E-state index in [1.165, 1.54) is 0 Å². The summed E-state index contributed by atoms with van der Waals surface area (Å²) in [6.45, 7) is 3.26. The first kappa shape index (κ1) is 11.7. The zero-order valence-electron chi connectivity index (χ0n) is 9.93. The summed E-state index contributed by atoms with van der Waals surface area (Å²) in [5.74, 6) is -0.901. The first-order valence-corrected chi connectivity index (χ1v) is 5.52. The Hall–Kier alpha value is -1.81. The first-order chi connectivity index (χ1) is 8.19. The zero-order chi connectivity index (χ0) is 12.4. The molecule has 0 unspecified atom stereocenters. The van der Waals surface area contributed by atoms with Crippen LogP contribution in [-0.4, -0.2) is 22.8 Å². The lowest BCUT2D eigenvalue weighted by Gasteiger charge is -2.02. The van der Waals surface area contributed by atoms with Crippen molar-refractivity contribution in [3.63, 3.8) is 0 Å². The van der Waals surface area contributed by atoms with Gasteiger partial charge in [0.1, 0.15) is 0 Å². The molecule has 1 aromatic carbocycles. The molecule has 17 heavy (non-hydrogen) atoms. The highest BCUT2D eigenvalue weighted by Crippen LogP contribution is 2.26. The quantitative estimate of drug-likeness (QED) is 0.882. The second kappa shape index (κ2) is 4.59. The van der Waals surface area contributed by atoms with Crippen LogP contribution in [0, 0.1) is 0 Å². The van der Waals surface area contributed by atoms with Gasteiger partial charge in [-0.25, -0.2) is 4.79 Å². The van der Waals surface area contributed by atoms with E-state index in [0.29, 0.717) is 12.2 Å². The van der Waals surface area contributed by atoms with Gasteiger partial charge < -0.3 is 14.4 Å². The zero-order valence-corrected chi connectivity index (χ0v) is 9.93. The van der Waals surface area contributed by atoms with Gasteiger partial charge in [-0.15, -0.1) is 0 Å². The van der Waals surface area contributed by atoms with E-state index in [1.807, 2.05) is 23.8 Å². The van der Waals surface area contributed by atoms with E-state index in [-0.39, 0.29) is 0 Å². The molecule has 4 nitrogen and oxygen atoms in total. The van der Waals surface area contributed by atoms with Crippen LogP contribution < -0.4 is 0 Å². The van der Waals surface area contributed by atoms with Gasteiger partial charge in [0.05, 0.1) is 12.2 Å². The first-order valence-electron chi connectivity index (χ1n) is 5.52. The van der Waals surface area contributed by atoms with Crippen LogP contribution in [0.5, 0.6) is 0 Å². The topological polar surface area (TPSA) is 51.5 Å². The van der Waals surface area contributed by atoms with E-state index in [1.54, 1.807) is 19.2 Å². The maximum atomic E-state index is 11.2. The van der Waals surface area contributed by atoms with Crippen molar-refractivity contribution in [1.29, 1.82) is 0 Å². The molecule has 0 aliphatic rings. The Morgan fingerprint density at radius 1 is 1.47 bits per heavy atom. The van der Waals surface area contributed by atoms with Gasteiger partial charge in [0.15, 0.2) is 0 Å². The molecule has 0 atom stereocenters. The van der Waals surface area contributed by atoms with Crippen LogP contribution in [-0.2, 0) is 17.9 Å². The maximum Gasteiger partial charge on any atom is 0.336 e. The Morgan fingerprint density at radius 3 is 2.82 bits per heavy atom. The monoisotopic (exact) mass is 233 g/mol. The van der Waals surface area contributed by atoms with Crippen molar-refractivity contribution in [3.05, 3.63) is 35.5 Å². The van der Waals surface area contributed by atoms with Crippen molar-refractivity contribution in [1.82, 2.24) is 4.57 Å². The summed E-state index contributed by atoms with van der Waals surface area (Å²) in [6.07, 6.45) is 1.96. The number of aromatic nitrogens is 1. The second-order valence-corrected chi connectivity index (χ2v) is 3.88. The Balaban J connectivity index is 2.76. The van der Waals surface area contributed by atoms with Crippen LogP contribution in [0.25, 0.3) is 10.9 Å². The molecule has 1 heterocycles. The highest BCUT2D eigenvalue weighted by Gasteiger charge is 2.15. The van der Waals surface area contributed by atoms with Gasteiger partial charge in [0, 0.05) is 36.3 Å². The van der Waals surface area contributed by atoms with E-state index in [4.69, 9.17) is 4.74 Å². The summed E-state index contributed by atoms with van der Waals surface area (Å²) < 4.78 is 7.16. The number of rotatable bonds is 4. The molecule has 0 amide bonds. The Labute approximate surface area is 99.4 Å². The van der Waals surface area contributed by atoms with Crippen molar-refractivity contribution < 1.29 is 14.6 Å². The minimum Gasteiger partial charge on any atom is -0.478 e. The van der Waals surface area contributed by atoms with E-state index in [9.17, 15) is 9.90 Å². The summed E-state index contributed by atoms with van der Waals surface area (Å²) in [4.78, 5) is 11.2. The SMILES string of the molecule is CCn1cc(COC)c2c(C(=O)O)cccc21. The third-order valence-corrected chi connectivity index (χ3v) is 2.86. The fourth-order valence-corrected chi connectivity index (χ4v) is 2.14. The molecule has 1 aromatic heterocycles. The fraction of sp³-hybridized carbons (Fsp3) is 0.308. The van der Waals surface area contributed by atoms with E-state index in [0.717, 1.165) is 23.0 Å². The molecular weight excluding hydrogens is 218 g/mol. The number of hydrogen-bond donors (Lipinski definition) is 1. The number of methoxy groups -OCH3 is 1. The number of benzene rings is 1. The van der Waals surface area contributed by atoms with Crippen molar-refractivity contribution in [2.75, 3.05) is 7.11 Å². The molecule has 0 bridgehead atoms. The van der Waals surface area contributed by atoms with Crippen LogP contribution in [0.1, 0.15) is 22.8 Å². The summed E-state index contributed by atoms with van der Waals surface area (Å²) in [6, 6.07) is 5.34. The predicted molar refractivity (Wildman–Crippen MR) is 65.3 cm³/mol. The molecule has 1 N–H and O–H groups in total. The largest absolute Gasteiger partial charge is 0.478 e. The predicted octanol–water partition coefficient (Wildman–Crippen LogP) is 2.51. The van der Waals surface area contributed by atoms with Crippen molar-refractivity contribution in [2.45, 2.75) is 20.1 Å². The van der Waals surface area contributed by atoms with E-state index in [2.05, 4.69) is 0 Å². The molecule has 2 aromatic rings. The number of aryl methyl sites for hydroxylation is 1. The third-order valence-electron chi connectivity index (χ3n) is 2.86. The van der Waals surface area contributed by atoms with Crippen LogP contribution >= 0.6 is 0 Å². The Bertz CT molecular complexity index is 557. The van der Waals surface area contributed by atoms with Gasteiger partial charge in [-0.05, 0) is 19.1 Å². The van der Waals surface area contributed by atoms with Crippen molar-refractivity contribution >= 4 is 16.9 Å². The fourth-order valence-electron chi connectivity index (χ4n) is 2.14. The molecule has 0 radical (unpaired) electrons. The lowest BCUT2D eigenvalue weighted by Crippen LogP contribution is -1.98. The molecule has 0 aliphatic carbocycles. The number of fused-ring (bicyclic) bond motifs is 1. The van der Waals surface area contributed by atoms with Gasteiger partial charge in [0.25, 0.3) is 0 Å². The number of nitrogens with zero attached hydrogens (tertiary/aromatic N) is 1. The lowest BCUT2D eigenvalue weighted by molar-refractivity contribution is 0.0699.